The highest BCUT2D eigenvalue weighted by Gasteiger charge is 2.22. The fourth-order valence-corrected chi connectivity index (χ4v) is 3.87. The number of halogens is 2. The van der Waals surface area contributed by atoms with Gasteiger partial charge in [-0.05, 0) is 37.7 Å². The molecule has 0 bridgehead atoms. The summed E-state index contributed by atoms with van der Waals surface area (Å²) in [6.45, 7) is 0. The number of anilines is 2. The maximum Gasteiger partial charge on any atom is 0.0722 e. The van der Waals surface area contributed by atoms with Crippen LogP contribution >= 0.6 is 35.0 Å². The first kappa shape index (κ1) is 14.2. The van der Waals surface area contributed by atoms with Crippen molar-refractivity contribution < 1.29 is 0 Å². The Hall–Kier alpha value is -0.250. The quantitative estimate of drug-likeness (QED) is 0.798. The topological polar surface area (TPSA) is 38.0 Å². The molecular weight excluding hydrogens is 287 g/mol. The number of hydrogen-bond acceptors (Lipinski definition) is 3. The maximum atomic E-state index is 6.19. The summed E-state index contributed by atoms with van der Waals surface area (Å²) < 4.78 is 0. The van der Waals surface area contributed by atoms with Crippen LogP contribution in [0.1, 0.15) is 25.7 Å². The zero-order valence-corrected chi connectivity index (χ0v) is 12.7. The zero-order valence-electron chi connectivity index (χ0n) is 10.4. The molecule has 1 saturated carbocycles. The molecule has 0 aliphatic heterocycles. The number of nitrogens with one attached hydrogen (secondary N) is 1. The van der Waals surface area contributed by atoms with Crippen molar-refractivity contribution in [3.8, 4) is 0 Å². The van der Waals surface area contributed by atoms with Gasteiger partial charge in [-0.2, -0.15) is 11.8 Å². The summed E-state index contributed by atoms with van der Waals surface area (Å²) in [4.78, 5) is 0. The molecule has 3 N–H and O–H groups in total. The van der Waals surface area contributed by atoms with Crippen molar-refractivity contribution in [3.63, 3.8) is 0 Å². The third-order valence-corrected chi connectivity index (χ3v) is 5.06. The van der Waals surface area contributed by atoms with Crippen molar-refractivity contribution >= 4 is 46.3 Å². The summed E-state index contributed by atoms with van der Waals surface area (Å²) in [5, 5.41) is 5.42. The van der Waals surface area contributed by atoms with Crippen molar-refractivity contribution in [3.05, 3.63) is 22.2 Å². The normalized spacial score (nSPS) is 23.9. The lowest BCUT2D eigenvalue weighted by Crippen LogP contribution is -2.28. The number of nitrogen functional groups attached to an aromatic ring is 1. The highest BCUT2D eigenvalue weighted by molar-refractivity contribution is 7.99. The van der Waals surface area contributed by atoms with Gasteiger partial charge in [-0.3, -0.25) is 0 Å². The first-order valence-electron chi connectivity index (χ1n) is 6.14. The predicted molar refractivity (Wildman–Crippen MR) is 84.1 cm³/mol. The largest absolute Gasteiger partial charge is 0.399 e. The van der Waals surface area contributed by atoms with Gasteiger partial charge < -0.3 is 11.1 Å². The molecule has 0 aromatic heterocycles. The van der Waals surface area contributed by atoms with Crippen molar-refractivity contribution in [2.45, 2.75) is 37.0 Å². The molecule has 1 aromatic carbocycles. The van der Waals surface area contributed by atoms with E-state index in [0.29, 0.717) is 21.8 Å². The van der Waals surface area contributed by atoms with E-state index in [1.165, 1.54) is 19.3 Å². The second kappa shape index (κ2) is 6.27. The van der Waals surface area contributed by atoms with E-state index in [1.54, 1.807) is 12.1 Å². The number of nitrogens with two attached hydrogens (primary N) is 1. The van der Waals surface area contributed by atoms with Crippen LogP contribution in [-0.4, -0.2) is 17.5 Å². The molecule has 1 aliphatic carbocycles. The molecule has 100 valence electrons. The molecule has 2 rings (SSSR count). The van der Waals surface area contributed by atoms with E-state index in [9.17, 15) is 0 Å². The third kappa shape index (κ3) is 3.40. The smallest absolute Gasteiger partial charge is 0.0722 e. The van der Waals surface area contributed by atoms with Crippen molar-refractivity contribution in [2.24, 2.45) is 0 Å². The Morgan fingerprint density at radius 3 is 2.56 bits per heavy atom. The Balaban J connectivity index is 2.09. The molecule has 0 radical (unpaired) electrons. The molecule has 2 unspecified atom stereocenters. The van der Waals surface area contributed by atoms with Gasteiger partial charge in [0.2, 0.25) is 0 Å². The summed E-state index contributed by atoms with van der Waals surface area (Å²) in [5.74, 6) is 0. The lowest BCUT2D eigenvalue weighted by atomic mass is 9.94. The van der Waals surface area contributed by atoms with Crippen LogP contribution in [0.4, 0.5) is 11.4 Å². The molecule has 0 amide bonds. The Kier molecular flexibility index (Phi) is 4.93. The number of hydrogen-bond donors (Lipinski definition) is 2. The van der Waals surface area contributed by atoms with Gasteiger partial charge in [0.1, 0.15) is 0 Å². The first-order valence-corrected chi connectivity index (χ1v) is 8.18. The van der Waals surface area contributed by atoms with Gasteiger partial charge in [0.25, 0.3) is 0 Å². The molecule has 1 aliphatic rings. The van der Waals surface area contributed by atoms with Crippen LogP contribution in [0, 0.1) is 0 Å². The monoisotopic (exact) mass is 304 g/mol. The summed E-state index contributed by atoms with van der Waals surface area (Å²) in [7, 11) is 0. The molecule has 1 fully saturated rings. The van der Waals surface area contributed by atoms with Gasteiger partial charge in [-0.15, -0.1) is 0 Å². The lowest BCUT2D eigenvalue weighted by molar-refractivity contribution is 0.474. The minimum atomic E-state index is 0.454. The fraction of sp³-hybridized carbons (Fsp3) is 0.538. The van der Waals surface area contributed by atoms with Gasteiger partial charge in [-0.1, -0.05) is 29.6 Å². The molecule has 2 atom stereocenters. The molecule has 0 heterocycles. The van der Waals surface area contributed by atoms with Gasteiger partial charge >= 0.3 is 0 Å². The predicted octanol–water partition coefficient (Wildman–Crippen LogP) is 4.66. The molecule has 18 heavy (non-hydrogen) atoms. The summed E-state index contributed by atoms with van der Waals surface area (Å²) >= 11 is 14.3. The van der Waals surface area contributed by atoms with E-state index in [4.69, 9.17) is 28.9 Å². The van der Waals surface area contributed by atoms with E-state index < -0.39 is 0 Å². The van der Waals surface area contributed by atoms with Crippen LogP contribution in [0.2, 0.25) is 10.0 Å². The molecule has 0 spiro atoms. The van der Waals surface area contributed by atoms with Crippen LogP contribution in [0.15, 0.2) is 12.1 Å². The summed E-state index contributed by atoms with van der Waals surface area (Å²) in [6, 6.07) is 3.93. The Morgan fingerprint density at radius 2 is 1.94 bits per heavy atom. The van der Waals surface area contributed by atoms with Crippen molar-refractivity contribution in [1.29, 1.82) is 0 Å². The Bertz CT molecular complexity index is 402. The van der Waals surface area contributed by atoms with E-state index in [-0.39, 0.29) is 0 Å². The molecule has 1 aromatic rings. The number of thioether (sulfide) groups is 1. The molecule has 2 nitrogen and oxygen atoms in total. The van der Waals surface area contributed by atoms with E-state index in [0.717, 1.165) is 17.4 Å². The first-order chi connectivity index (χ1) is 8.60. The second-order valence-electron chi connectivity index (χ2n) is 4.73. The SMILES string of the molecule is CSC1CCCC(Nc2c(Cl)cc(N)cc2Cl)C1. The highest BCUT2D eigenvalue weighted by atomic mass is 35.5. The summed E-state index contributed by atoms with van der Waals surface area (Å²) in [5.41, 5.74) is 7.12. The van der Waals surface area contributed by atoms with Crippen LogP contribution in [0.3, 0.4) is 0 Å². The van der Waals surface area contributed by atoms with Gasteiger partial charge in [0.05, 0.1) is 15.7 Å². The van der Waals surface area contributed by atoms with E-state index in [2.05, 4.69) is 11.6 Å². The van der Waals surface area contributed by atoms with Gasteiger partial charge in [-0.25, -0.2) is 0 Å². The van der Waals surface area contributed by atoms with Gasteiger partial charge in [0.15, 0.2) is 0 Å². The molecule has 5 heteroatoms. The second-order valence-corrected chi connectivity index (χ2v) is 6.68. The molecule has 0 saturated heterocycles. The fourth-order valence-electron chi connectivity index (χ4n) is 2.42. The van der Waals surface area contributed by atoms with Crippen molar-refractivity contribution in [2.75, 3.05) is 17.3 Å². The minimum absolute atomic E-state index is 0.454. The highest BCUT2D eigenvalue weighted by Crippen LogP contribution is 2.36. The summed E-state index contributed by atoms with van der Waals surface area (Å²) in [6.07, 6.45) is 7.08. The lowest BCUT2D eigenvalue weighted by Gasteiger charge is -2.30. The average molecular weight is 305 g/mol. The molecular formula is C13H18Cl2N2S. The van der Waals surface area contributed by atoms with Crippen molar-refractivity contribution in [1.82, 2.24) is 0 Å². The van der Waals surface area contributed by atoms with Gasteiger partial charge in [0, 0.05) is 17.0 Å². The van der Waals surface area contributed by atoms with Crippen LogP contribution in [0.25, 0.3) is 0 Å². The number of rotatable bonds is 3. The minimum Gasteiger partial charge on any atom is -0.399 e. The maximum absolute atomic E-state index is 6.19. The van der Waals surface area contributed by atoms with Crippen LogP contribution < -0.4 is 11.1 Å². The number of benzene rings is 1. The Labute approximate surface area is 123 Å². The average Bonchev–Trinajstić information content (AvgIpc) is 2.34. The Morgan fingerprint density at radius 1 is 1.28 bits per heavy atom. The standard InChI is InChI=1S/C13H18Cl2N2S/c1-18-10-4-2-3-9(7-10)17-13-11(14)5-8(16)6-12(13)15/h5-6,9-10,17H,2-4,7,16H2,1H3. The van der Waals surface area contributed by atoms with E-state index >= 15 is 0 Å². The van der Waals surface area contributed by atoms with Crippen LogP contribution in [0.5, 0.6) is 0 Å². The van der Waals surface area contributed by atoms with E-state index in [1.807, 2.05) is 11.8 Å². The zero-order chi connectivity index (χ0) is 13.1. The van der Waals surface area contributed by atoms with Crippen LogP contribution in [-0.2, 0) is 0 Å². The third-order valence-electron chi connectivity index (χ3n) is 3.37.